The first-order valence-electron chi connectivity index (χ1n) is 13.7. The maximum absolute atomic E-state index is 10.1. The number of hydrogen-bond acceptors (Lipinski definition) is 8. The molecule has 0 aromatic rings. The smallest absolute Gasteiger partial charge is 0.175 e. The van der Waals surface area contributed by atoms with Gasteiger partial charge in [-0.15, -0.1) is 0 Å². The number of nitrogens with two attached hydrogens (primary N) is 2. The maximum Gasteiger partial charge on any atom is 0.175 e. The average Bonchev–Trinajstić information content (AvgIpc) is 2.85. The molecule has 0 saturated carbocycles. The highest BCUT2D eigenvalue weighted by molar-refractivity contribution is 4.92. The number of aliphatic hydroxyl groups is 2. The highest BCUT2D eigenvalue weighted by Crippen LogP contribution is 2.20. The Hall–Kier alpha value is -0.320. The molecule has 0 unspecified atom stereocenters. The van der Waals surface area contributed by atoms with Crippen molar-refractivity contribution < 1.29 is 29.2 Å². The number of unbranched alkanes of at least 4 members (excludes halogenated alkanes) is 13. The summed E-state index contributed by atoms with van der Waals surface area (Å²) in [4.78, 5) is 0. The summed E-state index contributed by atoms with van der Waals surface area (Å²) in [5.74, 6) is 0. The van der Waals surface area contributed by atoms with Crippen molar-refractivity contribution in [2.24, 2.45) is 11.5 Å². The van der Waals surface area contributed by atoms with Crippen molar-refractivity contribution >= 4 is 0 Å². The highest BCUT2D eigenvalue weighted by atomic mass is 16.7. The van der Waals surface area contributed by atoms with Gasteiger partial charge in [0.1, 0.15) is 24.4 Å². The van der Waals surface area contributed by atoms with E-state index < -0.39 is 30.6 Å². The number of rotatable bonds is 22. The van der Waals surface area contributed by atoms with Crippen LogP contribution >= 0.6 is 0 Å². The van der Waals surface area contributed by atoms with Gasteiger partial charge in [-0.1, -0.05) is 90.4 Å². The molecule has 6 N–H and O–H groups in total. The summed E-state index contributed by atoms with van der Waals surface area (Å²) < 4.78 is 22.5. The van der Waals surface area contributed by atoms with Gasteiger partial charge in [-0.3, -0.25) is 0 Å². The van der Waals surface area contributed by atoms with Crippen LogP contribution in [0.25, 0.3) is 0 Å². The monoisotopic (exact) mass is 490 g/mol. The molecule has 0 aliphatic carbocycles. The highest BCUT2D eigenvalue weighted by Gasteiger charge is 2.42. The van der Waals surface area contributed by atoms with Crippen molar-refractivity contribution in [3.05, 3.63) is 0 Å². The first-order valence-corrected chi connectivity index (χ1v) is 13.7. The first-order chi connectivity index (χ1) is 16.5. The van der Waals surface area contributed by atoms with Crippen molar-refractivity contribution in [2.45, 2.75) is 134 Å². The average molecular weight is 491 g/mol. The van der Waals surface area contributed by atoms with E-state index in [0.29, 0.717) is 13.2 Å². The molecular formula is C26H54N2O6. The summed E-state index contributed by atoms with van der Waals surface area (Å²) in [5.41, 5.74) is 11.5. The minimum absolute atomic E-state index is 0.0703. The molecule has 8 nitrogen and oxygen atoms in total. The molecule has 1 aliphatic rings. The Kier molecular flexibility index (Phi) is 19.4. The van der Waals surface area contributed by atoms with Crippen LogP contribution in [0.4, 0.5) is 0 Å². The van der Waals surface area contributed by atoms with E-state index in [1.165, 1.54) is 83.5 Å². The third kappa shape index (κ3) is 13.7. The number of ether oxygens (including phenoxy) is 4. The lowest BCUT2D eigenvalue weighted by Gasteiger charge is -2.40. The van der Waals surface area contributed by atoms with E-state index in [0.717, 1.165) is 6.42 Å². The van der Waals surface area contributed by atoms with Gasteiger partial charge in [-0.2, -0.15) is 0 Å². The molecule has 204 valence electrons. The fourth-order valence-electron chi connectivity index (χ4n) is 4.30. The minimum Gasteiger partial charge on any atom is -0.388 e. The van der Waals surface area contributed by atoms with Gasteiger partial charge in [-0.05, 0) is 6.42 Å². The van der Waals surface area contributed by atoms with E-state index in [1.54, 1.807) is 7.11 Å². The summed E-state index contributed by atoms with van der Waals surface area (Å²) in [6, 6.07) is -0.855. The summed E-state index contributed by atoms with van der Waals surface area (Å²) in [5, 5.41) is 20.0. The molecule has 34 heavy (non-hydrogen) atoms. The molecule has 0 aromatic heterocycles. The standard InChI is InChI=1S/C26H54N2O6/c1-3-4-5-6-7-8-9-10-11-12-13-14-15-16-17-32-19-21(31-2)20-33-26-23(28)25(30)24(29)22(18-27)34-26/h21-26,29-30H,3-20,27-28H2,1-2H3/t21-,22+,23+,24+,25+,26-/m0/s1. The second-order valence-electron chi connectivity index (χ2n) is 9.70. The third-order valence-corrected chi connectivity index (χ3v) is 6.71. The molecule has 0 amide bonds. The van der Waals surface area contributed by atoms with Crippen molar-refractivity contribution in [1.29, 1.82) is 0 Å². The van der Waals surface area contributed by atoms with E-state index in [1.807, 2.05) is 0 Å². The van der Waals surface area contributed by atoms with Crippen LogP contribution in [-0.2, 0) is 18.9 Å². The Labute approximate surface area is 208 Å². The van der Waals surface area contributed by atoms with Gasteiger partial charge in [0.05, 0.1) is 19.3 Å². The summed E-state index contributed by atoms with van der Waals surface area (Å²) >= 11 is 0. The summed E-state index contributed by atoms with van der Waals surface area (Å²) in [6.07, 6.45) is 14.6. The van der Waals surface area contributed by atoms with Crippen molar-refractivity contribution in [3.8, 4) is 0 Å². The SMILES string of the molecule is CCCCCCCCCCCCCCCCOC[C@@H](CO[C@H]1O[C@H](CN)[C@@H](O)[C@H](O)[C@H]1N)OC. The molecule has 6 atom stereocenters. The molecule has 0 aromatic carbocycles. The van der Waals surface area contributed by atoms with Gasteiger partial charge in [-0.25, -0.2) is 0 Å². The molecule has 0 radical (unpaired) electrons. The van der Waals surface area contributed by atoms with E-state index in [9.17, 15) is 10.2 Å². The molecule has 1 heterocycles. The van der Waals surface area contributed by atoms with Crippen LogP contribution in [0.2, 0.25) is 0 Å². The van der Waals surface area contributed by atoms with Crippen LogP contribution in [-0.4, -0.2) is 80.4 Å². The predicted molar refractivity (Wildman–Crippen MR) is 136 cm³/mol. The first kappa shape index (κ1) is 31.7. The lowest BCUT2D eigenvalue weighted by atomic mass is 9.97. The normalized spacial score (nSPS) is 26.1. The summed E-state index contributed by atoms with van der Waals surface area (Å²) in [7, 11) is 1.60. The molecule has 1 rings (SSSR count). The maximum atomic E-state index is 10.1. The van der Waals surface area contributed by atoms with E-state index in [4.69, 9.17) is 30.4 Å². The van der Waals surface area contributed by atoms with Gasteiger partial charge in [0, 0.05) is 20.3 Å². The Morgan fingerprint density at radius 3 is 1.82 bits per heavy atom. The molecule has 1 saturated heterocycles. The Morgan fingerprint density at radius 2 is 1.32 bits per heavy atom. The van der Waals surface area contributed by atoms with Crippen molar-refractivity contribution in [3.63, 3.8) is 0 Å². The zero-order valence-corrected chi connectivity index (χ0v) is 21.9. The Morgan fingerprint density at radius 1 is 0.794 bits per heavy atom. The molecule has 0 spiro atoms. The lowest BCUT2D eigenvalue weighted by Crippen LogP contribution is -2.63. The van der Waals surface area contributed by atoms with E-state index in [2.05, 4.69) is 6.92 Å². The molecule has 0 bridgehead atoms. The van der Waals surface area contributed by atoms with Crippen LogP contribution in [0, 0.1) is 0 Å². The molecule has 1 fully saturated rings. The fourth-order valence-corrected chi connectivity index (χ4v) is 4.30. The summed E-state index contributed by atoms with van der Waals surface area (Å²) in [6.45, 7) is 3.68. The second-order valence-corrected chi connectivity index (χ2v) is 9.70. The fraction of sp³-hybridized carbons (Fsp3) is 1.00. The van der Waals surface area contributed by atoms with Gasteiger partial charge >= 0.3 is 0 Å². The van der Waals surface area contributed by atoms with Crippen molar-refractivity contribution in [2.75, 3.05) is 33.5 Å². The molecule has 1 aliphatic heterocycles. The van der Waals surface area contributed by atoms with Gasteiger partial charge in [0.15, 0.2) is 6.29 Å². The predicted octanol–water partition coefficient (Wildman–Crippen LogP) is 3.25. The Balaban J connectivity index is 1.97. The van der Waals surface area contributed by atoms with Crippen LogP contribution in [0.15, 0.2) is 0 Å². The Bertz CT molecular complexity index is 457. The second kappa shape index (κ2) is 20.8. The molecule has 8 heteroatoms. The van der Waals surface area contributed by atoms with Crippen LogP contribution in [0.5, 0.6) is 0 Å². The van der Waals surface area contributed by atoms with E-state index >= 15 is 0 Å². The van der Waals surface area contributed by atoms with Gasteiger partial charge in [0.2, 0.25) is 0 Å². The topological polar surface area (TPSA) is 129 Å². The number of hydrogen-bond donors (Lipinski definition) is 4. The largest absolute Gasteiger partial charge is 0.388 e. The zero-order chi connectivity index (χ0) is 25.0. The number of aliphatic hydroxyl groups excluding tert-OH is 2. The lowest BCUT2D eigenvalue weighted by molar-refractivity contribution is -0.263. The van der Waals surface area contributed by atoms with Gasteiger partial charge < -0.3 is 40.6 Å². The van der Waals surface area contributed by atoms with Gasteiger partial charge in [0.25, 0.3) is 0 Å². The zero-order valence-electron chi connectivity index (χ0n) is 21.9. The quantitative estimate of drug-likeness (QED) is 0.170. The van der Waals surface area contributed by atoms with Crippen LogP contribution < -0.4 is 11.5 Å². The van der Waals surface area contributed by atoms with Crippen LogP contribution in [0.3, 0.4) is 0 Å². The van der Waals surface area contributed by atoms with Crippen molar-refractivity contribution in [1.82, 2.24) is 0 Å². The van der Waals surface area contributed by atoms with Crippen LogP contribution in [0.1, 0.15) is 96.8 Å². The third-order valence-electron chi connectivity index (χ3n) is 6.71. The van der Waals surface area contributed by atoms with E-state index in [-0.39, 0.29) is 19.3 Å². The minimum atomic E-state index is -1.15. The molecular weight excluding hydrogens is 436 g/mol. The number of methoxy groups -OCH3 is 1.